The van der Waals surface area contributed by atoms with E-state index in [0.717, 1.165) is 64.8 Å². The Bertz CT molecular complexity index is 437. The first-order valence-corrected chi connectivity index (χ1v) is 8.33. The zero-order chi connectivity index (χ0) is 15.3. The maximum Gasteiger partial charge on any atom is 0.117 e. The number of hydrogen-bond donors (Lipinski definition) is 0. The van der Waals surface area contributed by atoms with Crippen LogP contribution in [0.2, 0.25) is 0 Å². The molecule has 1 spiro atoms. The summed E-state index contributed by atoms with van der Waals surface area (Å²) in [5.41, 5.74) is 0.259. The molecule has 5 nitrogen and oxygen atoms in total. The molecule has 5 heteroatoms. The summed E-state index contributed by atoms with van der Waals surface area (Å²) in [6.45, 7) is 8.81. The van der Waals surface area contributed by atoms with Gasteiger partial charge in [-0.15, -0.1) is 0 Å². The van der Waals surface area contributed by atoms with E-state index in [2.05, 4.69) is 15.9 Å². The Kier molecular flexibility index (Phi) is 5.52. The summed E-state index contributed by atoms with van der Waals surface area (Å²) in [5.74, 6) is 1.06. The third kappa shape index (κ3) is 4.10. The lowest BCUT2D eigenvalue weighted by Gasteiger charge is -2.43. The number of nitrogens with zero attached hydrogens (tertiary/aromatic N) is 2. The van der Waals surface area contributed by atoms with E-state index in [1.807, 2.05) is 6.07 Å². The van der Waals surface area contributed by atoms with Crippen LogP contribution in [0.5, 0.6) is 0 Å². The van der Waals surface area contributed by atoms with Crippen molar-refractivity contribution in [2.45, 2.75) is 19.4 Å². The highest BCUT2D eigenvalue weighted by Gasteiger charge is 2.38. The van der Waals surface area contributed by atoms with Gasteiger partial charge in [-0.2, -0.15) is 0 Å². The van der Waals surface area contributed by atoms with Crippen molar-refractivity contribution in [2.24, 2.45) is 5.41 Å². The maximum absolute atomic E-state index is 5.95. The molecule has 0 aromatic carbocycles. The maximum atomic E-state index is 5.95. The topological polar surface area (TPSA) is 38.1 Å². The summed E-state index contributed by atoms with van der Waals surface area (Å²) in [7, 11) is 1.77. The molecule has 1 atom stereocenters. The second-order valence-corrected chi connectivity index (χ2v) is 6.72. The lowest BCUT2D eigenvalue weighted by atomic mass is 9.80. The van der Waals surface area contributed by atoms with Crippen LogP contribution >= 0.6 is 0 Å². The van der Waals surface area contributed by atoms with Crippen LogP contribution in [0.4, 0.5) is 0 Å². The van der Waals surface area contributed by atoms with Crippen molar-refractivity contribution in [3.05, 3.63) is 24.2 Å². The summed E-state index contributed by atoms with van der Waals surface area (Å²) in [6.07, 6.45) is 4.25. The van der Waals surface area contributed by atoms with Crippen LogP contribution in [0.3, 0.4) is 0 Å². The monoisotopic (exact) mass is 308 g/mol. The lowest BCUT2D eigenvalue weighted by molar-refractivity contribution is -0.000179. The van der Waals surface area contributed by atoms with Crippen molar-refractivity contribution in [3.63, 3.8) is 0 Å². The fourth-order valence-corrected chi connectivity index (χ4v) is 3.81. The number of rotatable bonds is 5. The largest absolute Gasteiger partial charge is 0.468 e. The summed E-state index contributed by atoms with van der Waals surface area (Å²) in [4.78, 5) is 5.03. The van der Waals surface area contributed by atoms with Gasteiger partial charge in [0.05, 0.1) is 32.6 Å². The van der Waals surface area contributed by atoms with Crippen molar-refractivity contribution < 1.29 is 13.9 Å². The Morgan fingerprint density at radius 1 is 1.27 bits per heavy atom. The van der Waals surface area contributed by atoms with Crippen molar-refractivity contribution in [1.82, 2.24) is 9.80 Å². The SMILES string of the molecule is COCCN1CCOC[C@]2(CCCN(Cc3ccco3)C2)C1. The molecule has 2 aliphatic rings. The summed E-state index contributed by atoms with van der Waals surface area (Å²) < 4.78 is 16.7. The molecule has 22 heavy (non-hydrogen) atoms. The van der Waals surface area contributed by atoms with Crippen LogP contribution in [-0.4, -0.2) is 69.5 Å². The van der Waals surface area contributed by atoms with Crippen molar-refractivity contribution in [1.29, 1.82) is 0 Å². The molecule has 0 aliphatic carbocycles. The number of piperidine rings is 1. The Balaban J connectivity index is 1.62. The first-order chi connectivity index (χ1) is 10.8. The van der Waals surface area contributed by atoms with E-state index >= 15 is 0 Å². The minimum absolute atomic E-state index is 0.259. The molecule has 2 saturated heterocycles. The van der Waals surface area contributed by atoms with Gasteiger partial charge in [-0.3, -0.25) is 9.80 Å². The number of hydrogen-bond acceptors (Lipinski definition) is 5. The van der Waals surface area contributed by atoms with E-state index in [1.165, 1.54) is 12.8 Å². The van der Waals surface area contributed by atoms with Gasteiger partial charge in [-0.1, -0.05) is 0 Å². The minimum Gasteiger partial charge on any atom is -0.468 e. The molecule has 3 rings (SSSR count). The van der Waals surface area contributed by atoms with E-state index in [4.69, 9.17) is 13.9 Å². The molecule has 0 amide bonds. The third-order valence-corrected chi connectivity index (χ3v) is 4.83. The van der Waals surface area contributed by atoms with Crippen molar-refractivity contribution >= 4 is 0 Å². The Morgan fingerprint density at radius 3 is 3.00 bits per heavy atom. The van der Waals surface area contributed by atoms with Crippen LogP contribution in [0.25, 0.3) is 0 Å². The first kappa shape index (κ1) is 16.0. The predicted octanol–water partition coefficient (Wildman–Crippen LogP) is 1.84. The van der Waals surface area contributed by atoms with Crippen LogP contribution in [0.15, 0.2) is 22.8 Å². The van der Waals surface area contributed by atoms with Crippen molar-refractivity contribution in [3.8, 4) is 0 Å². The predicted molar refractivity (Wildman–Crippen MR) is 84.8 cm³/mol. The molecule has 2 aliphatic heterocycles. The molecule has 0 unspecified atom stereocenters. The molecule has 1 aromatic rings. The Morgan fingerprint density at radius 2 is 2.18 bits per heavy atom. The molecule has 0 saturated carbocycles. The quantitative estimate of drug-likeness (QED) is 0.830. The van der Waals surface area contributed by atoms with E-state index < -0.39 is 0 Å². The zero-order valence-electron chi connectivity index (χ0n) is 13.6. The normalized spacial score (nSPS) is 28.0. The van der Waals surface area contributed by atoms with Gasteiger partial charge in [-0.05, 0) is 31.5 Å². The Labute approximate surface area is 133 Å². The first-order valence-electron chi connectivity index (χ1n) is 8.33. The minimum atomic E-state index is 0.259. The standard InChI is InChI=1S/C17H28N2O3/c1-20-10-7-18-8-11-21-15-17(13-18)5-3-6-19(14-17)12-16-4-2-9-22-16/h2,4,9H,3,5-8,10-15H2,1H3/t17-/m1/s1. The Hall–Kier alpha value is -0.880. The van der Waals surface area contributed by atoms with E-state index in [1.54, 1.807) is 13.4 Å². The summed E-state index contributed by atoms with van der Waals surface area (Å²) in [5, 5.41) is 0. The van der Waals surface area contributed by atoms with Gasteiger partial charge in [0.2, 0.25) is 0 Å². The second kappa shape index (κ2) is 7.59. The van der Waals surface area contributed by atoms with Gasteiger partial charge in [0.25, 0.3) is 0 Å². The van der Waals surface area contributed by atoms with Crippen molar-refractivity contribution in [2.75, 3.05) is 59.7 Å². The molecular formula is C17H28N2O3. The highest BCUT2D eigenvalue weighted by Crippen LogP contribution is 2.33. The molecular weight excluding hydrogens is 280 g/mol. The number of furan rings is 1. The van der Waals surface area contributed by atoms with Gasteiger partial charge in [0.1, 0.15) is 5.76 Å². The van der Waals surface area contributed by atoms with E-state index in [9.17, 15) is 0 Å². The van der Waals surface area contributed by atoms with Gasteiger partial charge < -0.3 is 13.9 Å². The molecule has 1 aromatic heterocycles. The van der Waals surface area contributed by atoms with Gasteiger partial charge in [0, 0.05) is 38.7 Å². The smallest absolute Gasteiger partial charge is 0.117 e. The summed E-state index contributed by atoms with van der Waals surface area (Å²) >= 11 is 0. The zero-order valence-corrected chi connectivity index (χ0v) is 13.6. The van der Waals surface area contributed by atoms with Crippen LogP contribution < -0.4 is 0 Å². The fourth-order valence-electron chi connectivity index (χ4n) is 3.81. The van der Waals surface area contributed by atoms with Crippen LogP contribution in [0, 0.1) is 5.41 Å². The molecule has 124 valence electrons. The molecule has 0 N–H and O–H groups in total. The summed E-state index contributed by atoms with van der Waals surface area (Å²) in [6, 6.07) is 4.03. The van der Waals surface area contributed by atoms with E-state index in [-0.39, 0.29) is 5.41 Å². The molecule has 2 fully saturated rings. The molecule has 0 bridgehead atoms. The van der Waals surface area contributed by atoms with E-state index in [0.29, 0.717) is 0 Å². The lowest BCUT2D eigenvalue weighted by Crippen LogP contribution is -2.50. The van der Waals surface area contributed by atoms with Gasteiger partial charge in [-0.25, -0.2) is 0 Å². The third-order valence-electron chi connectivity index (χ3n) is 4.83. The number of methoxy groups -OCH3 is 1. The number of likely N-dealkylation sites (tertiary alicyclic amines) is 1. The second-order valence-electron chi connectivity index (χ2n) is 6.72. The highest BCUT2D eigenvalue weighted by molar-refractivity contribution is 4.99. The average Bonchev–Trinajstić information content (AvgIpc) is 2.94. The molecule has 3 heterocycles. The fraction of sp³-hybridized carbons (Fsp3) is 0.765. The molecule has 0 radical (unpaired) electrons. The van der Waals surface area contributed by atoms with Crippen LogP contribution in [0.1, 0.15) is 18.6 Å². The highest BCUT2D eigenvalue weighted by atomic mass is 16.5. The number of ether oxygens (including phenoxy) is 2. The van der Waals surface area contributed by atoms with Crippen LogP contribution in [-0.2, 0) is 16.0 Å². The van der Waals surface area contributed by atoms with Gasteiger partial charge >= 0.3 is 0 Å². The van der Waals surface area contributed by atoms with Gasteiger partial charge in [0.15, 0.2) is 0 Å². The average molecular weight is 308 g/mol.